The molecular formula is C14H14F3N7O2. The van der Waals surface area contributed by atoms with Crippen LogP contribution in [0.4, 0.5) is 19.1 Å². The van der Waals surface area contributed by atoms with Gasteiger partial charge in [0.1, 0.15) is 0 Å². The van der Waals surface area contributed by atoms with Gasteiger partial charge in [-0.2, -0.15) is 27.8 Å². The Hall–Kier alpha value is -3.18. The summed E-state index contributed by atoms with van der Waals surface area (Å²) in [7, 11) is 0. The normalized spacial score (nSPS) is 13.1. The highest BCUT2D eigenvalue weighted by Gasteiger charge is 2.42. The van der Waals surface area contributed by atoms with E-state index in [1.54, 1.807) is 6.92 Å². The summed E-state index contributed by atoms with van der Waals surface area (Å²) in [6.07, 6.45) is -2.73. The maximum absolute atomic E-state index is 13.2. The minimum Gasteiger partial charge on any atom is -0.295 e. The van der Waals surface area contributed by atoms with Crippen molar-refractivity contribution in [1.82, 2.24) is 29.4 Å². The van der Waals surface area contributed by atoms with E-state index in [1.807, 2.05) is 0 Å². The van der Waals surface area contributed by atoms with Gasteiger partial charge in [-0.1, -0.05) is 6.92 Å². The number of fused-ring (bicyclic) bond motifs is 1. The Kier molecular flexibility index (Phi) is 4.49. The first kappa shape index (κ1) is 17.6. The molecule has 0 aromatic carbocycles. The summed E-state index contributed by atoms with van der Waals surface area (Å²) in [5.41, 5.74) is 0.0692. The number of hydrogen-bond donors (Lipinski definition) is 2. The fourth-order valence-electron chi connectivity index (χ4n) is 2.35. The number of nitrogens with zero attached hydrogens (tertiary/aromatic N) is 5. The molecule has 0 aliphatic rings. The Balaban J connectivity index is 1.80. The van der Waals surface area contributed by atoms with Crippen molar-refractivity contribution in [1.29, 1.82) is 0 Å². The Bertz CT molecular complexity index is 975. The van der Waals surface area contributed by atoms with E-state index in [1.165, 1.54) is 18.3 Å². The number of aromatic amines is 1. The van der Waals surface area contributed by atoms with Crippen LogP contribution in [0.3, 0.4) is 0 Å². The third-order valence-electron chi connectivity index (χ3n) is 3.60. The number of halogens is 3. The molecule has 0 aliphatic heterocycles. The van der Waals surface area contributed by atoms with Gasteiger partial charge in [-0.25, -0.2) is 4.98 Å². The second-order valence-electron chi connectivity index (χ2n) is 5.44. The van der Waals surface area contributed by atoms with Crippen LogP contribution in [-0.2, 0) is 11.2 Å². The summed E-state index contributed by atoms with van der Waals surface area (Å²) < 4.78 is 41.2. The largest absolute Gasteiger partial charge is 0.411 e. The molecule has 0 unspecified atom stereocenters. The fraction of sp³-hybridized carbons (Fsp3) is 0.357. The number of carbonyl (C=O) groups excluding carboxylic acids is 1. The van der Waals surface area contributed by atoms with Gasteiger partial charge in [0.05, 0.1) is 6.42 Å². The van der Waals surface area contributed by atoms with E-state index >= 15 is 0 Å². The van der Waals surface area contributed by atoms with Crippen molar-refractivity contribution >= 4 is 17.6 Å². The molecule has 0 bridgehead atoms. The number of H-pyrrole nitrogens is 1. The Labute approximate surface area is 143 Å². The van der Waals surface area contributed by atoms with Crippen molar-refractivity contribution in [2.45, 2.75) is 32.0 Å². The first-order valence-electron chi connectivity index (χ1n) is 7.62. The number of rotatable bonds is 5. The van der Waals surface area contributed by atoms with E-state index in [9.17, 15) is 22.8 Å². The lowest BCUT2D eigenvalue weighted by molar-refractivity contribution is -0.174. The molecule has 0 aliphatic carbocycles. The summed E-state index contributed by atoms with van der Waals surface area (Å²) in [4.78, 5) is 31.9. The molecule has 3 heterocycles. The van der Waals surface area contributed by atoms with E-state index in [2.05, 4.69) is 25.5 Å². The average molecular weight is 369 g/mol. The number of aromatic nitrogens is 6. The van der Waals surface area contributed by atoms with Gasteiger partial charge in [0.15, 0.2) is 6.04 Å². The molecule has 0 saturated heterocycles. The third kappa shape index (κ3) is 3.58. The number of nitrogens with one attached hydrogen (secondary N) is 2. The number of alkyl halides is 3. The van der Waals surface area contributed by atoms with E-state index in [0.29, 0.717) is 16.8 Å². The molecule has 1 atom stereocenters. The summed E-state index contributed by atoms with van der Waals surface area (Å²) in [6, 6.07) is 0.516. The molecule has 0 saturated carbocycles. The van der Waals surface area contributed by atoms with Crippen LogP contribution >= 0.6 is 0 Å². The van der Waals surface area contributed by atoms with Crippen LogP contribution < -0.4 is 10.9 Å². The van der Waals surface area contributed by atoms with Crippen molar-refractivity contribution < 1.29 is 18.0 Å². The second-order valence-corrected chi connectivity index (χ2v) is 5.44. The molecule has 12 heteroatoms. The predicted octanol–water partition coefficient (Wildman–Crippen LogP) is 1.31. The predicted molar refractivity (Wildman–Crippen MR) is 83.6 cm³/mol. The average Bonchev–Trinajstić information content (AvgIpc) is 3.20. The van der Waals surface area contributed by atoms with Crippen LogP contribution in [-0.4, -0.2) is 41.4 Å². The smallest absolute Gasteiger partial charge is 0.295 e. The molecule has 2 N–H and O–H groups in total. The van der Waals surface area contributed by atoms with Crippen molar-refractivity contribution in [3.63, 3.8) is 0 Å². The standard InChI is InChI=1S/C14H14F3N7O2/c1-2-8-6-11(26)24-13(19-8)21-12(22-24)20-10(25)7-9(14(15,16)17)23-5-3-4-18-23/h3-6,9H,2,7H2,1H3,(H2,19,20,21,22,25)/t9-/m0/s1. The van der Waals surface area contributed by atoms with Crippen LogP contribution in [0.1, 0.15) is 25.1 Å². The van der Waals surface area contributed by atoms with Gasteiger partial charge >= 0.3 is 6.18 Å². The summed E-state index contributed by atoms with van der Waals surface area (Å²) >= 11 is 0. The van der Waals surface area contributed by atoms with Gasteiger partial charge < -0.3 is 0 Å². The van der Waals surface area contributed by atoms with Crippen LogP contribution in [0.15, 0.2) is 29.3 Å². The van der Waals surface area contributed by atoms with Gasteiger partial charge in [0, 0.05) is 24.2 Å². The zero-order valence-corrected chi connectivity index (χ0v) is 13.5. The molecule has 138 valence electrons. The SMILES string of the molecule is CCc1cc(=O)n2[nH]c(NC(=O)C[C@H](n3cccn3)C(F)(F)F)nc2n1. The quantitative estimate of drug-likeness (QED) is 0.705. The molecule has 26 heavy (non-hydrogen) atoms. The molecular weight excluding hydrogens is 355 g/mol. The van der Waals surface area contributed by atoms with E-state index in [0.717, 1.165) is 10.7 Å². The van der Waals surface area contributed by atoms with Crippen molar-refractivity contribution in [2.24, 2.45) is 0 Å². The lowest BCUT2D eigenvalue weighted by atomic mass is 10.2. The first-order valence-corrected chi connectivity index (χ1v) is 7.62. The number of hydrogen-bond acceptors (Lipinski definition) is 5. The van der Waals surface area contributed by atoms with Crippen molar-refractivity contribution in [3.8, 4) is 0 Å². The Morgan fingerprint density at radius 3 is 2.77 bits per heavy atom. The van der Waals surface area contributed by atoms with E-state index < -0.39 is 30.1 Å². The van der Waals surface area contributed by atoms with Crippen LogP contribution in [0.2, 0.25) is 0 Å². The first-order chi connectivity index (χ1) is 12.3. The Morgan fingerprint density at radius 2 is 2.15 bits per heavy atom. The number of aryl methyl sites for hydroxylation is 1. The zero-order chi connectivity index (χ0) is 18.9. The molecule has 9 nitrogen and oxygen atoms in total. The summed E-state index contributed by atoms with van der Waals surface area (Å²) in [5, 5.41) is 8.25. The minimum atomic E-state index is -4.66. The lowest BCUT2D eigenvalue weighted by Crippen LogP contribution is -2.31. The van der Waals surface area contributed by atoms with Crippen molar-refractivity contribution in [2.75, 3.05) is 5.32 Å². The maximum atomic E-state index is 13.2. The topological polar surface area (TPSA) is 110 Å². The van der Waals surface area contributed by atoms with Gasteiger partial charge in [-0.3, -0.25) is 24.7 Å². The van der Waals surface area contributed by atoms with Crippen molar-refractivity contribution in [3.05, 3.63) is 40.6 Å². The highest BCUT2D eigenvalue weighted by Crippen LogP contribution is 2.32. The number of amides is 1. The molecule has 3 aromatic heterocycles. The van der Waals surface area contributed by atoms with Crippen LogP contribution in [0.25, 0.3) is 5.78 Å². The lowest BCUT2D eigenvalue weighted by Gasteiger charge is -2.19. The second kappa shape index (κ2) is 6.61. The van der Waals surface area contributed by atoms with E-state index in [4.69, 9.17) is 0 Å². The van der Waals surface area contributed by atoms with Gasteiger partial charge in [-0.05, 0) is 12.5 Å². The Morgan fingerprint density at radius 1 is 1.38 bits per heavy atom. The van der Waals surface area contributed by atoms with Gasteiger partial charge in [0.25, 0.3) is 11.3 Å². The highest BCUT2D eigenvalue weighted by molar-refractivity contribution is 5.89. The monoisotopic (exact) mass is 369 g/mol. The highest BCUT2D eigenvalue weighted by atomic mass is 19.4. The third-order valence-corrected chi connectivity index (χ3v) is 3.60. The summed E-state index contributed by atoms with van der Waals surface area (Å²) in [5.74, 6) is -1.09. The molecule has 3 rings (SSSR count). The molecule has 1 amide bonds. The molecule has 0 spiro atoms. The molecule has 0 radical (unpaired) electrons. The number of carbonyl (C=O) groups is 1. The summed E-state index contributed by atoms with van der Waals surface area (Å²) in [6.45, 7) is 1.81. The van der Waals surface area contributed by atoms with Crippen LogP contribution in [0.5, 0.6) is 0 Å². The minimum absolute atomic E-state index is 0.0177. The number of anilines is 1. The zero-order valence-electron chi connectivity index (χ0n) is 13.5. The fourth-order valence-corrected chi connectivity index (χ4v) is 2.35. The van der Waals surface area contributed by atoms with E-state index in [-0.39, 0.29) is 11.7 Å². The van der Waals surface area contributed by atoms with Gasteiger partial charge in [0.2, 0.25) is 11.9 Å². The maximum Gasteiger partial charge on any atom is 0.411 e. The van der Waals surface area contributed by atoms with Crippen LogP contribution in [0, 0.1) is 0 Å². The van der Waals surface area contributed by atoms with Gasteiger partial charge in [-0.15, -0.1) is 0 Å². The molecule has 3 aromatic rings. The molecule has 0 fully saturated rings.